The summed E-state index contributed by atoms with van der Waals surface area (Å²) in [6, 6.07) is 2.20. The van der Waals surface area contributed by atoms with E-state index in [1.165, 1.54) is 38.9 Å². The summed E-state index contributed by atoms with van der Waals surface area (Å²) in [5, 5.41) is 3.63. The van der Waals surface area contributed by atoms with E-state index < -0.39 is 0 Å². The maximum Gasteiger partial charge on any atom is 0.0122 e. The van der Waals surface area contributed by atoms with Crippen molar-refractivity contribution in [1.82, 2.24) is 15.1 Å². The molecule has 0 spiro atoms. The van der Waals surface area contributed by atoms with E-state index >= 15 is 0 Å². The van der Waals surface area contributed by atoms with Crippen LogP contribution in [0.1, 0.15) is 48.4 Å². The molecule has 1 aliphatic carbocycles. The van der Waals surface area contributed by atoms with Gasteiger partial charge in [-0.25, -0.2) is 0 Å². The van der Waals surface area contributed by atoms with Gasteiger partial charge in [-0.2, -0.15) is 0 Å². The predicted molar refractivity (Wildman–Crippen MR) is 86.8 cm³/mol. The lowest BCUT2D eigenvalue weighted by atomic mass is 9.85. The maximum atomic E-state index is 3.63. The third kappa shape index (κ3) is 6.73. The van der Waals surface area contributed by atoms with E-state index in [4.69, 9.17) is 0 Å². The maximum absolute atomic E-state index is 3.63. The Morgan fingerprint density at radius 1 is 1.11 bits per heavy atom. The second-order valence-corrected chi connectivity index (χ2v) is 7.13. The fourth-order valence-corrected chi connectivity index (χ4v) is 3.04. The van der Waals surface area contributed by atoms with Crippen LogP contribution in [0, 0.1) is 5.92 Å². The molecule has 1 fully saturated rings. The molecular weight excluding hydrogens is 234 g/mol. The molecular formula is C16H37N3. The second kappa shape index (κ2) is 8.23. The molecule has 1 aliphatic rings. The first-order chi connectivity index (χ1) is 8.88. The summed E-state index contributed by atoms with van der Waals surface area (Å²) in [5.41, 5.74) is 0. The molecule has 0 saturated heterocycles. The summed E-state index contributed by atoms with van der Waals surface area (Å²) < 4.78 is 0. The quantitative estimate of drug-likeness (QED) is 0.695. The van der Waals surface area contributed by atoms with Gasteiger partial charge >= 0.3 is 0 Å². The molecule has 0 heterocycles. The highest BCUT2D eigenvalue weighted by Gasteiger charge is 2.31. The minimum Gasteiger partial charge on any atom is -0.312 e. The Balaban J connectivity index is 0.00000361. The largest absolute Gasteiger partial charge is 0.312 e. The number of rotatable bonds is 9. The van der Waals surface area contributed by atoms with E-state index in [-0.39, 0.29) is 1.43 Å². The van der Waals surface area contributed by atoms with Gasteiger partial charge in [0.25, 0.3) is 0 Å². The molecule has 19 heavy (non-hydrogen) atoms. The van der Waals surface area contributed by atoms with E-state index in [1.807, 2.05) is 0 Å². The molecule has 0 aromatic heterocycles. The van der Waals surface area contributed by atoms with Crippen LogP contribution in [0.25, 0.3) is 0 Å². The molecule has 1 rings (SSSR count). The summed E-state index contributed by atoms with van der Waals surface area (Å²) in [5.74, 6) is 0.775. The molecule has 116 valence electrons. The highest BCUT2D eigenvalue weighted by Crippen LogP contribution is 2.25. The smallest absolute Gasteiger partial charge is 0.0122 e. The van der Waals surface area contributed by atoms with Crippen molar-refractivity contribution in [2.45, 2.75) is 65.1 Å². The van der Waals surface area contributed by atoms with Gasteiger partial charge in [-0.15, -0.1) is 0 Å². The lowest BCUT2D eigenvalue weighted by molar-refractivity contribution is 0.112. The van der Waals surface area contributed by atoms with Crippen LogP contribution in [0.15, 0.2) is 0 Å². The predicted octanol–water partition coefficient (Wildman–Crippen LogP) is 2.67. The summed E-state index contributed by atoms with van der Waals surface area (Å²) in [6.07, 6.45) is 3.95. The van der Waals surface area contributed by atoms with Gasteiger partial charge in [0, 0.05) is 26.1 Å². The van der Waals surface area contributed by atoms with Crippen molar-refractivity contribution < 1.29 is 1.43 Å². The zero-order chi connectivity index (χ0) is 14.4. The summed E-state index contributed by atoms with van der Waals surface area (Å²) in [4.78, 5) is 5.02. The van der Waals surface area contributed by atoms with Gasteiger partial charge in [-0.3, -0.25) is 0 Å². The first-order valence-electron chi connectivity index (χ1n) is 8.03. The fraction of sp³-hybridized carbons (Fsp3) is 1.00. The molecule has 0 amide bonds. The van der Waals surface area contributed by atoms with Crippen LogP contribution in [0.5, 0.6) is 0 Å². The van der Waals surface area contributed by atoms with Gasteiger partial charge < -0.3 is 15.1 Å². The third-order valence-corrected chi connectivity index (χ3v) is 4.03. The highest BCUT2D eigenvalue weighted by molar-refractivity contribution is 4.91. The number of nitrogens with one attached hydrogen (secondary N) is 1. The molecule has 0 atom stereocenters. The van der Waals surface area contributed by atoms with Crippen molar-refractivity contribution in [3.63, 3.8) is 0 Å². The number of hydrogen-bond acceptors (Lipinski definition) is 3. The van der Waals surface area contributed by atoms with Crippen molar-refractivity contribution in [3.05, 3.63) is 0 Å². The average Bonchev–Trinajstić information content (AvgIpc) is 2.21. The Morgan fingerprint density at radius 3 is 2.26 bits per heavy atom. The third-order valence-electron chi connectivity index (χ3n) is 4.03. The molecule has 0 unspecified atom stereocenters. The van der Waals surface area contributed by atoms with Gasteiger partial charge in [-0.05, 0) is 52.4 Å². The molecule has 3 nitrogen and oxygen atoms in total. The van der Waals surface area contributed by atoms with Gasteiger partial charge in [-0.1, -0.05) is 27.7 Å². The minimum atomic E-state index is 0. The topological polar surface area (TPSA) is 18.5 Å². The lowest BCUT2D eigenvalue weighted by Crippen LogP contribution is -2.53. The number of hydrogen-bond donors (Lipinski definition) is 1. The normalized spacial score (nSPS) is 23.7. The molecule has 1 N–H and O–H groups in total. The van der Waals surface area contributed by atoms with Crippen LogP contribution in [-0.2, 0) is 0 Å². The Kier molecular flexibility index (Phi) is 7.33. The fourth-order valence-electron chi connectivity index (χ4n) is 3.04. The minimum absolute atomic E-state index is 0. The Morgan fingerprint density at radius 2 is 1.74 bits per heavy atom. The highest BCUT2D eigenvalue weighted by atomic mass is 15.2. The molecule has 0 aromatic rings. The molecule has 0 aromatic carbocycles. The summed E-state index contributed by atoms with van der Waals surface area (Å²) in [7, 11) is 4.53. The SMILES string of the molecule is CC(C)CN(C)CCCN(C)C1CC(NC(C)C)C1.[HH]. The zero-order valence-electron chi connectivity index (χ0n) is 13.9. The van der Waals surface area contributed by atoms with Crippen LogP contribution < -0.4 is 5.32 Å². The van der Waals surface area contributed by atoms with Crippen molar-refractivity contribution in [1.29, 1.82) is 0 Å². The summed E-state index contributed by atoms with van der Waals surface area (Å²) >= 11 is 0. The van der Waals surface area contributed by atoms with E-state index in [0.29, 0.717) is 6.04 Å². The molecule has 0 radical (unpaired) electrons. The molecule has 0 bridgehead atoms. The van der Waals surface area contributed by atoms with E-state index in [2.05, 4.69) is 56.9 Å². The van der Waals surface area contributed by atoms with Gasteiger partial charge in [0.1, 0.15) is 0 Å². The van der Waals surface area contributed by atoms with Gasteiger partial charge in [0.05, 0.1) is 0 Å². The number of nitrogens with zero attached hydrogens (tertiary/aromatic N) is 2. The van der Waals surface area contributed by atoms with Crippen molar-refractivity contribution in [2.24, 2.45) is 5.92 Å². The molecule has 1 saturated carbocycles. The van der Waals surface area contributed by atoms with Crippen LogP contribution in [0.3, 0.4) is 0 Å². The second-order valence-electron chi connectivity index (χ2n) is 7.13. The average molecular weight is 271 g/mol. The Hall–Kier alpha value is -0.120. The zero-order valence-corrected chi connectivity index (χ0v) is 13.9. The first kappa shape index (κ1) is 16.9. The van der Waals surface area contributed by atoms with Gasteiger partial charge in [0.2, 0.25) is 0 Å². The van der Waals surface area contributed by atoms with Gasteiger partial charge in [0.15, 0.2) is 0 Å². The van der Waals surface area contributed by atoms with Crippen LogP contribution in [0.2, 0.25) is 0 Å². The molecule has 0 aliphatic heterocycles. The molecule has 3 heteroatoms. The first-order valence-corrected chi connectivity index (χ1v) is 8.03. The van der Waals surface area contributed by atoms with Crippen LogP contribution in [-0.4, -0.2) is 61.7 Å². The lowest BCUT2D eigenvalue weighted by Gasteiger charge is -2.42. The monoisotopic (exact) mass is 271 g/mol. The summed E-state index contributed by atoms with van der Waals surface area (Å²) in [6.45, 7) is 12.7. The van der Waals surface area contributed by atoms with Crippen LogP contribution >= 0.6 is 0 Å². The van der Waals surface area contributed by atoms with E-state index in [0.717, 1.165) is 18.0 Å². The van der Waals surface area contributed by atoms with E-state index in [1.54, 1.807) is 0 Å². The van der Waals surface area contributed by atoms with Crippen LogP contribution in [0.4, 0.5) is 0 Å². The van der Waals surface area contributed by atoms with Crippen molar-refractivity contribution in [3.8, 4) is 0 Å². The van der Waals surface area contributed by atoms with Crippen molar-refractivity contribution >= 4 is 0 Å². The van der Waals surface area contributed by atoms with E-state index in [9.17, 15) is 0 Å². The standard InChI is InChI=1S/C16H35N3.H2/c1-13(2)12-18(5)8-7-9-19(6)16-10-15(11-16)17-14(3)4;/h13-17H,7-12H2,1-6H3;1H. The van der Waals surface area contributed by atoms with Crippen molar-refractivity contribution in [2.75, 3.05) is 33.7 Å². The Bertz CT molecular complexity index is 240. The Labute approximate surface area is 122 Å².